The fraction of sp³-hybridized carbons (Fsp3) is 0.556. The van der Waals surface area contributed by atoms with Crippen molar-refractivity contribution >= 4 is 5.78 Å². The Bertz CT molecular complexity index is 327. The maximum atomic E-state index is 11.4. The molecule has 0 saturated carbocycles. The largest absolute Gasteiger partial charge is 0.445 e. The maximum absolute atomic E-state index is 11.4. The Kier molecular flexibility index (Phi) is 1.53. The first-order valence-electron chi connectivity index (χ1n) is 4.16. The summed E-state index contributed by atoms with van der Waals surface area (Å²) in [5, 5.41) is 0. The number of nitrogens with zero attached hydrogens (tertiary/aromatic N) is 1. The number of ketones is 1. The molecule has 1 aliphatic rings. The highest BCUT2D eigenvalue weighted by Gasteiger charge is 2.27. The van der Waals surface area contributed by atoms with Gasteiger partial charge in [0.05, 0.1) is 0 Å². The first-order chi connectivity index (χ1) is 5.66. The van der Waals surface area contributed by atoms with E-state index in [-0.39, 0.29) is 5.78 Å². The van der Waals surface area contributed by atoms with Crippen molar-refractivity contribution in [3.05, 3.63) is 17.3 Å². The van der Waals surface area contributed by atoms with Gasteiger partial charge in [-0.2, -0.15) is 0 Å². The predicted molar refractivity (Wildman–Crippen MR) is 43.1 cm³/mol. The Labute approximate surface area is 70.8 Å². The van der Waals surface area contributed by atoms with E-state index in [1.807, 2.05) is 0 Å². The molecule has 0 spiro atoms. The number of Topliss-reactive ketones (excluding diaryl/α,β-unsaturated/α-hetero) is 1. The van der Waals surface area contributed by atoms with Crippen molar-refractivity contribution in [3.63, 3.8) is 0 Å². The van der Waals surface area contributed by atoms with E-state index in [4.69, 9.17) is 4.42 Å². The van der Waals surface area contributed by atoms with Crippen molar-refractivity contribution in [2.45, 2.75) is 26.7 Å². The first-order valence-corrected chi connectivity index (χ1v) is 4.16. The molecule has 3 nitrogen and oxygen atoms in total. The van der Waals surface area contributed by atoms with Crippen LogP contribution in [-0.2, 0) is 6.42 Å². The van der Waals surface area contributed by atoms with E-state index < -0.39 is 0 Å². The zero-order valence-electron chi connectivity index (χ0n) is 7.26. The molecule has 1 heterocycles. The van der Waals surface area contributed by atoms with Gasteiger partial charge < -0.3 is 4.42 Å². The highest BCUT2D eigenvalue weighted by atomic mass is 16.4. The maximum Gasteiger partial charge on any atom is 0.191 e. The van der Waals surface area contributed by atoms with Crippen LogP contribution in [0.3, 0.4) is 0 Å². The van der Waals surface area contributed by atoms with Crippen molar-refractivity contribution < 1.29 is 9.21 Å². The summed E-state index contributed by atoms with van der Waals surface area (Å²) in [6, 6.07) is 0. The second-order valence-corrected chi connectivity index (χ2v) is 3.44. The third kappa shape index (κ3) is 1.05. The summed E-state index contributed by atoms with van der Waals surface area (Å²) in [4.78, 5) is 15.4. The number of carbonyl (C=O) groups excluding carboxylic acids is 1. The average Bonchev–Trinajstić information content (AvgIpc) is 2.29. The van der Waals surface area contributed by atoms with Gasteiger partial charge in [0.1, 0.15) is 11.5 Å². The summed E-state index contributed by atoms with van der Waals surface area (Å²) < 4.78 is 5.31. The van der Waals surface area contributed by atoms with Gasteiger partial charge in [-0.05, 0) is 5.92 Å². The van der Waals surface area contributed by atoms with Crippen molar-refractivity contribution in [2.75, 3.05) is 0 Å². The number of rotatable bonds is 0. The minimum Gasteiger partial charge on any atom is -0.445 e. The van der Waals surface area contributed by atoms with E-state index in [0.717, 1.165) is 12.2 Å². The van der Waals surface area contributed by atoms with Crippen molar-refractivity contribution in [1.82, 2.24) is 4.98 Å². The summed E-state index contributed by atoms with van der Waals surface area (Å²) in [5.74, 6) is 1.90. The van der Waals surface area contributed by atoms with Gasteiger partial charge in [0.2, 0.25) is 0 Å². The van der Waals surface area contributed by atoms with Crippen LogP contribution < -0.4 is 0 Å². The minimum atomic E-state index is 0.126. The number of fused-ring (bicyclic) bond motifs is 1. The molecule has 0 amide bonds. The zero-order chi connectivity index (χ0) is 8.72. The molecule has 0 radical (unpaired) electrons. The van der Waals surface area contributed by atoms with E-state index in [1.165, 1.54) is 0 Å². The van der Waals surface area contributed by atoms with Gasteiger partial charge in [-0.1, -0.05) is 6.92 Å². The van der Waals surface area contributed by atoms with E-state index in [9.17, 15) is 4.79 Å². The van der Waals surface area contributed by atoms with Crippen LogP contribution in [0.15, 0.2) is 4.42 Å². The van der Waals surface area contributed by atoms with Gasteiger partial charge in [0.15, 0.2) is 11.7 Å². The fourth-order valence-corrected chi connectivity index (χ4v) is 1.63. The SMILES string of the molecule is Cc1nc2c(o1)CC(C)CC2=O. The lowest BCUT2D eigenvalue weighted by Crippen LogP contribution is -2.16. The molecule has 1 aliphatic carbocycles. The number of hydrogen-bond donors (Lipinski definition) is 0. The average molecular weight is 165 g/mol. The van der Waals surface area contributed by atoms with E-state index >= 15 is 0 Å². The van der Waals surface area contributed by atoms with Crippen LogP contribution in [-0.4, -0.2) is 10.8 Å². The van der Waals surface area contributed by atoms with Gasteiger partial charge >= 0.3 is 0 Å². The Morgan fingerprint density at radius 3 is 3.00 bits per heavy atom. The molecule has 1 unspecified atom stereocenters. The third-order valence-corrected chi connectivity index (χ3v) is 2.14. The normalized spacial score (nSPS) is 22.5. The number of carbonyl (C=O) groups is 1. The van der Waals surface area contributed by atoms with Crippen molar-refractivity contribution in [3.8, 4) is 0 Å². The van der Waals surface area contributed by atoms with Crippen LogP contribution in [0.5, 0.6) is 0 Å². The molecule has 0 N–H and O–H groups in total. The predicted octanol–water partition coefficient (Wildman–Crippen LogP) is 1.75. The third-order valence-electron chi connectivity index (χ3n) is 2.14. The first kappa shape index (κ1) is 7.53. The quantitative estimate of drug-likeness (QED) is 0.588. The van der Waals surface area contributed by atoms with E-state index in [0.29, 0.717) is 23.9 Å². The summed E-state index contributed by atoms with van der Waals surface area (Å²) in [6.45, 7) is 3.83. The molecule has 1 aromatic rings. The molecule has 1 atom stereocenters. The smallest absolute Gasteiger partial charge is 0.191 e. The van der Waals surface area contributed by atoms with Crippen LogP contribution in [0, 0.1) is 12.8 Å². The molecule has 0 saturated heterocycles. The second kappa shape index (κ2) is 2.44. The molecule has 0 bridgehead atoms. The van der Waals surface area contributed by atoms with Crippen LogP contribution in [0.4, 0.5) is 0 Å². The highest BCUT2D eigenvalue weighted by Crippen LogP contribution is 2.25. The van der Waals surface area contributed by atoms with Crippen LogP contribution >= 0.6 is 0 Å². The Balaban J connectivity index is 2.46. The monoisotopic (exact) mass is 165 g/mol. The molecule has 0 aromatic carbocycles. The molecular formula is C9H11NO2. The highest BCUT2D eigenvalue weighted by molar-refractivity contribution is 5.96. The fourth-order valence-electron chi connectivity index (χ4n) is 1.63. The summed E-state index contributed by atoms with van der Waals surface area (Å²) in [7, 11) is 0. The minimum absolute atomic E-state index is 0.126. The summed E-state index contributed by atoms with van der Waals surface area (Å²) >= 11 is 0. The van der Waals surface area contributed by atoms with E-state index in [2.05, 4.69) is 11.9 Å². The molecular weight excluding hydrogens is 154 g/mol. The molecule has 0 aliphatic heterocycles. The van der Waals surface area contributed by atoms with E-state index in [1.54, 1.807) is 6.92 Å². The number of aryl methyl sites for hydroxylation is 1. The second-order valence-electron chi connectivity index (χ2n) is 3.44. The summed E-state index contributed by atoms with van der Waals surface area (Å²) in [6.07, 6.45) is 1.46. The van der Waals surface area contributed by atoms with Gasteiger partial charge in [-0.25, -0.2) is 4.98 Å². The standard InChI is InChI=1S/C9H11NO2/c1-5-3-7(11)9-8(4-5)12-6(2)10-9/h5H,3-4H2,1-2H3. The lowest BCUT2D eigenvalue weighted by molar-refractivity contribution is 0.0944. The molecule has 1 aromatic heterocycles. The molecule has 0 fully saturated rings. The Morgan fingerprint density at radius 1 is 1.50 bits per heavy atom. The molecule has 12 heavy (non-hydrogen) atoms. The number of aromatic nitrogens is 1. The van der Waals surface area contributed by atoms with Gasteiger partial charge in [-0.3, -0.25) is 4.79 Å². The van der Waals surface area contributed by atoms with Crippen LogP contribution in [0.25, 0.3) is 0 Å². The Morgan fingerprint density at radius 2 is 2.25 bits per heavy atom. The lowest BCUT2D eigenvalue weighted by Gasteiger charge is -2.13. The molecule has 3 heteroatoms. The van der Waals surface area contributed by atoms with Gasteiger partial charge in [0, 0.05) is 19.8 Å². The van der Waals surface area contributed by atoms with Gasteiger partial charge in [-0.15, -0.1) is 0 Å². The topological polar surface area (TPSA) is 43.1 Å². The Hall–Kier alpha value is -1.12. The zero-order valence-corrected chi connectivity index (χ0v) is 7.26. The van der Waals surface area contributed by atoms with Crippen molar-refractivity contribution in [1.29, 1.82) is 0 Å². The summed E-state index contributed by atoms with van der Waals surface area (Å²) in [5.41, 5.74) is 0.561. The number of oxazole rings is 1. The van der Waals surface area contributed by atoms with Crippen molar-refractivity contribution in [2.24, 2.45) is 5.92 Å². The van der Waals surface area contributed by atoms with Gasteiger partial charge in [0.25, 0.3) is 0 Å². The molecule has 2 rings (SSSR count). The van der Waals surface area contributed by atoms with Crippen LogP contribution in [0.1, 0.15) is 35.5 Å². The lowest BCUT2D eigenvalue weighted by atomic mass is 9.91. The molecule has 64 valence electrons. The number of hydrogen-bond acceptors (Lipinski definition) is 3. The van der Waals surface area contributed by atoms with Crippen LogP contribution in [0.2, 0.25) is 0 Å².